The molecule has 23 heavy (non-hydrogen) atoms. The Hall–Kier alpha value is -2.95. The second-order valence-electron chi connectivity index (χ2n) is 5.71. The first-order valence-electron chi connectivity index (χ1n) is 7.63. The molecule has 0 spiro atoms. The van der Waals surface area contributed by atoms with E-state index in [1.165, 1.54) is 5.56 Å². The Kier molecular flexibility index (Phi) is 3.38. The molecule has 4 rings (SSSR count). The van der Waals surface area contributed by atoms with E-state index in [4.69, 9.17) is 0 Å². The van der Waals surface area contributed by atoms with Crippen LogP contribution in [0, 0.1) is 0 Å². The molecule has 5 heteroatoms. The van der Waals surface area contributed by atoms with Crippen LogP contribution in [0.5, 0.6) is 0 Å². The zero-order valence-corrected chi connectivity index (χ0v) is 12.5. The minimum Gasteiger partial charge on any atom is -0.349 e. The number of carbonyl (C=O) groups excluding carboxylic acids is 1. The molecule has 1 aromatic carbocycles. The number of nitrogens with zero attached hydrogens (tertiary/aromatic N) is 2. The van der Waals surface area contributed by atoms with E-state index in [0.29, 0.717) is 6.42 Å². The van der Waals surface area contributed by atoms with Crippen LogP contribution in [0.2, 0.25) is 0 Å². The number of benzene rings is 1. The van der Waals surface area contributed by atoms with Crippen molar-refractivity contribution in [1.29, 1.82) is 0 Å². The van der Waals surface area contributed by atoms with Gasteiger partial charge in [0.1, 0.15) is 5.82 Å². The number of rotatable bonds is 4. The van der Waals surface area contributed by atoms with Crippen LogP contribution in [0.3, 0.4) is 0 Å². The highest BCUT2D eigenvalue weighted by molar-refractivity contribution is 5.99. The third-order valence-corrected chi connectivity index (χ3v) is 4.07. The molecule has 0 bridgehead atoms. The smallest absolute Gasteiger partial charge is 0.228 e. The molecule has 2 N–H and O–H groups in total. The fourth-order valence-electron chi connectivity index (χ4n) is 2.87. The average Bonchev–Trinajstić information content (AvgIpc) is 3.20. The van der Waals surface area contributed by atoms with Crippen LogP contribution < -0.4 is 5.32 Å². The second-order valence-corrected chi connectivity index (χ2v) is 5.71. The second kappa shape index (κ2) is 5.68. The molecule has 3 heterocycles. The van der Waals surface area contributed by atoms with Gasteiger partial charge in [0.15, 0.2) is 0 Å². The minimum absolute atomic E-state index is 0.0578. The number of fused-ring (bicyclic) bond motifs is 1. The molecule has 114 valence electrons. The van der Waals surface area contributed by atoms with Gasteiger partial charge in [0.2, 0.25) is 5.91 Å². The van der Waals surface area contributed by atoms with E-state index in [9.17, 15) is 4.79 Å². The lowest BCUT2D eigenvalue weighted by atomic mass is 10.0. The maximum absolute atomic E-state index is 11.5. The molecule has 0 atom stereocenters. The predicted molar refractivity (Wildman–Crippen MR) is 88.0 cm³/mol. The monoisotopic (exact) mass is 304 g/mol. The Morgan fingerprint density at radius 1 is 1.09 bits per heavy atom. The normalized spacial score (nSPS) is 13.0. The summed E-state index contributed by atoms with van der Waals surface area (Å²) in [4.78, 5) is 23.2. The molecule has 1 aliphatic rings. The van der Waals surface area contributed by atoms with Crippen LogP contribution >= 0.6 is 0 Å². The molecule has 0 radical (unpaired) electrons. The van der Waals surface area contributed by atoms with Crippen LogP contribution in [0.15, 0.2) is 49.1 Å². The molecular weight excluding hydrogens is 288 g/mol. The number of carbonyl (C=O) groups is 1. The summed E-state index contributed by atoms with van der Waals surface area (Å²) in [5, 5.41) is 2.89. The van der Waals surface area contributed by atoms with Crippen molar-refractivity contribution in [3.63, 3.8) is 0 Å². The van der Waals surface area contributed by atoms with E-state index < -0.39 is 0 Å². The van der Waals surface area contributed by atoms with Gasteiger partial charge in [-0.05, 0) is 35.2 Å². The molecular formula is C18H16N4O. The molecule has 0 saturated heterocycles. The van der Waals surface area contributed by atoms with E-state index in [1.54, 1.807) is 6.20 Å². The van der Waals surface area contributed by atoms with E-state index in [2.05, 4.69) is 26.3 Å². The number of amides is 1. The quantitative estimate of drug-likeness (QED) is 0.778. The summed E-state index contributed by atoms with van der Waals surface area (Å²) >= 11 is 0. The SMILES string of the molecule is O=C1Cc2ccc(-c3cncc(CCc4ncc[nH]4)c3)cc2N1. The standard InChI is InChI=1S/C18H16N4O/c23-18-9-14-3-2-13(8-16(14)22-18)15-7-12(10-19-11-15)1-4-17-20-5-6-21-17/h2-3,5-8,10-11H,1,4,9H2,(H,20,21)(H,22,23). The lowest BCUT2D eigenvalue weighted by Gasteiger charge is -2.07. The van der Waals surface area contributed by atoms with Crippen molar-refractivity contribution in [2.24, 2.45) is 0 Å². The van der Waals surface area contributed by atoms with Crippen molar-refractivity contribution in [1.82, 2.24) is 15.0 Å². The third-order valence-electron chi connectivity index (χ3n) is 4.07. The van der Waals surface area contributed by atoms with Crippen LogP contribution in [-0.2, 0) is 24.1 Å². The van der Waals surface area contributed by atoms with Crippen molar-refractivity contribution >= 4 is 11.6 Å². The first-order valence-corrected chi connectivity index (χ1v) is 7.63. The highest BCUT2D eigenvalue weighted by Gasteiger charge is 2.17. The summed E-state index contributed by atoms with van der Waals surface area (Å²) < 4.78 is 0. The van der Waals surface area contributed by atoms with E-state index in [1.807, 2.05) is 36.8 Å². The van der Waals surface area contributed by atoms with Crippen molar-refractivity contribution in [2.75, 3.05) is 5.32 Å². The summed E-state index contributed by atoms with van der Waals surface area (Å²) in [6.07, 6.45) is 9.56. The summed E-state index contributed by atoms with van der Waals surface area (Å²) in [6, 6.07) is 8.23. The summed E-state index contributed by atoms with van der Waals surface area (Å²) in [5.74, 6) is 1.04. The van der Waals surface area contributed by atoms with Crippen LogP contribution in [0.4, 0.5) is 5.69 Å². The van der Waals surface area contributed by atoms with Gasteiger partial charge in [-0.3, -0.25) is 9.78 Å². The third kappa shape index (κ3) is 2.85. The summed E-state index contributed by atoms with van der Waals surface area (Å²) in [7, 11) is 0. The lowest BCUT2D eigenvalue weighted by Crippen LogP contribution is -2.03. The van der Waals surface area contributed by atoms with Gasteiger partial charge in [0.25, 0.3) is 0 Å². The Morgan fingerprint density at radius 2 is 2.04 bits per heavy atom. The molecule has 1 aliphatic heterocycles. The van der Waals surface area contributed by atoms with Crippen LogP contribution in [0.1, 0.15) is 17.0 Å². The topological polar surface area (TPSA) is 70.7 Å². The number of aryl methyl sites for hydroxylation is 2. The number of hydrogen-bond acceptors (Lipinski definition) is 3. The molecule has 2 aromatic heterocycles. The Balaban J connectivity index is 1.56. The minimum atomic E-state index is 0.0578. The number of imidazole rings is 1. The summed E-state index contributed by atoms with van der Waals surface area (Å²) in [6.45, 7) is 0. The van der Waals surface area contributed by atoms with Gasteiger partial charge in [-0.2, -0.15) is 0 Å². The number of aromatic amines is 1. The fourth-order valence-corrected chi connectivity index (χ4v) is 2.87. The van der Waals surface area contributed by atoms with Gasteiger partial charge < -0.3 is 10.3 Å². The van der Waals surface area contributed by atoms with Gasteiger partial charge in [-0.1, -0.05) is 12.1 Å². The molecule has 1 amide bonds. The van der Waals surface area contributed by atoms with Gasteiger partial charge in [0, 0.05) is 42.5 Å². The Labute approximate surface area is 133 Å². The fraction of sp³-hybridized carbons (Fsp3) is 0.167. The maximum Gasteiger partial charge on any atom is 0.228 e. The molecule has 0 fully saturated rings. The number of nitrogens with one attached hydrogen (secondary N) is 2. The molecule has 0 saturated carbocycles. The molecule has 3 aromatic rings. The first-order chi connectivity index (χ1) is 11.3. The number of anilines is 1. The van der Waals surface area contributed by atoms with Crippen LogP contribution in [-0.4, -0.2) is 20.9 Å². The van der Waals surface area contributed by atoms with Gasteiger partial charge in [-0.15, -0.1) is 0 Å². The zero-order chi connectivity index (χ0) is 15.6. The zero-order valence-electron chi connectivity index (χ0n) is 12.5. The number of pyridine rings is 1. The summed E-state index contributed by atoms with van der Waals surface area (Å²) in [5.41, 5.74) is 5.27. The number of aromatic nitrogens is 3. The van der Waals surface area contributed by atoms with Gasteiger partial charge in [0.05, 0.1) is 6.42 Å². The Morgan fingerprint density at radius 3 is 2.91 bits per heavy atom. The number of hydrogen-bond donors (Lipinski definition) is 2. The number of H-pyrrole nitrogens is 1. The largest absolute Gasteiger partial charge is 0.349 e. The highest BCUT2D eigenvalue weighted by atomic mass is 16.1. The molecule has 0 aliphatic carbocycles. The lowest BCUT2D eigenvalue weighted by molar-refractivity contribution is -0.115. The van der Waals surface area contributed by atoms with E-state index in [0.717, 1.165) is 41.0 Å². The average molecular weight is 304 g/mol. The maximum atomic E-state index is 11.5. The van der Waals surface area contributed by atoms with E-state index >= 15 is 0 Å². The highest BCUT2D eigenvalue weighted by Crippen LogP contribution is 2.29. The van der Waals surface area contributed by atoms with Crippen molar-refractivity contribution in [3.05, 3.63) is 66.0 Å². The molecule has 0 unspecified atom stereocenters. The van der Waals surface area contributed by atoms with Gasteiger partial charge in [-0.25, -0.2) is 4.98 Å². The van der Waals surface area contributed by atoms with Crippen molar-refractivity contribution < 1.29 is 4.79 Å². The van der Waals surface area contributed by atoms with E-state index in [-0.39, 0.29) is 5.91 Å². The van der Waals surface area contributed by atoms with Gasteiger partial charge >= 0.3 is 0 Å². The van der Waals surface area contributed by atoms with Crippen molar-refractivity contribution in [3.8, 4) is 11.1 Å². The Bertz CT molecular complexity index is 855. The van der Waals surface area contributed by atoms with Crippen molar-refractivity contribution in [2.45, 2.75) is 19.3 Å². The first kappa shape index (κ1) is 13.7. The molecule has 5 nitrogen and oxygen atoms in total. The predicted octanol–water partition coefficient (Wildman–Crippen LogP) is 2.75. The van der Waals surface area contributed by atoms with Crippen LogP contribution in [0.25, 0.3) is 11.1 Å².